The predicted molar refractivity (Wildman–Crippen MR) is 159 cm³/mol. The van der Waals surface area contributed by atoms with E-state index >= 15 is 0 Å². The minimum atomic E-state index is -0.773. The van der Waals surface area contributed by atoms with Gasteiger partial charge in [0.05, 0.1) is 24.8 Å². The van der Waals surface area contributed by atoms with Crippen LogP contribution in [0.4, 0.5) is 21.5 Å². The number of amides is 1. The van der Waals surface area contributed by atoms with E-state index in [-0.39, 0.29) is 36.9 Å². The van der Waals surface area contributed by atoms with Crippen LogP contribution in [0.3, 0.4) is 0 Å². The van der Waals surface area contributed by atoms with Crippen LogP contribution in [0.25, 0.3) is 0 Å². The van der Waals surface area contributed by atoms with Crippen LogP contribution in [0.5, 0.6) is 5.75 Å². The summed E-state index contributed by atoms with van der Waals surface area (Å²) < 4.78 is 26.6. The van der Waals surface area contributed by atoms with Crippen LogP contribution in [0.1, 0.15) is 58.4 Å². The van der Waals surface area contributed by atoms with E-state index in [9.17, 15) is 19.1 Å². The summed E-state index contributed by atoms with van der Waals surface area (Å²) in [6.45, 7) is 8.08. The fraction of sp³-hybridized carbons (Fsp3) is 0.562. The van der Waals surface area contributed by atoms with Gasteiger partial charge < -0.3 is 30.1 Å². The Morgan fingerprint density at radius 2 is 1.88 bits per heavy atom. The number of ether oxygens (including phenoxy) is 2. The van der Waals surface area contributed by atoms with Gasteiger partial charge in [0.25, 0.3) is 0 Å². The van der Waals surface area contributed by atoms with Gasteiger partial charge in [-0.25, -0.2) is 4.39 Å². The molecule has 0 spiro atoms. The van der Waals surface area contributed by atoms with Crippen LogP contribution in [-0.4, -0.2) is 49.9 Å². The second-order valence-corrected chi connectivity index (χ2v) is 11.7. The van der Waals surface area contributed by atoms with Crippen molar-refractivity contribution in [1.29, 1.82) is 0 Å². The van der Waals surface area contributed by atoms with E-state index in [2.05, 4.69) is 36.3 Å². The molecule has 1 heterocycles. The fourth-order valence-corrected chi connectivity index (χ4v) is 6.52. The third kappa shape index (κ3) is 7.70. The number of aliphatic carboxylic acids is 1. The molecule has 1 amide bonds. The number of carbonyl (C=O) groups excluding carboxylic acids is 1. The number of carbonyl (C=O) groups is 2. The predicted octanol–water partition coefficient (Wildman–Crippen LogP) is 6.16. The second kappa shape index (κ2) is 14.0. The first-order valence-electron chi connectivity index (χ1n) is 14.8. The number of hydrogen-bond acceptors (Lipinski definition) is 6. The zero-order valence-electron chi connectivity index (χ0n) is 24.6. The molecule has 2 aromatic carbocycles. The molecule has 2 fully saturated rings. The highest BCUT2D eigenvalue weighted by Crippen LogP contribution is 2.37. The van der Waals surface area contributed by atoms with Crippen molar-refractivity contribution in [2.24, 2.45) is 23.7 Å². The Balaban J connectivity index is 1.36. The van der Waals surface area contributed by atoms with E-state index in [1.165, 1.54) is 19.6 Å². The van der Waals surface area contributed by atoms with Gasteiger partial charge in [0, 0.05) is 42.6 Å². The SMILES string of the molecule is COc1cc(NCc2c(F)cccc2N2CCC(C(=O)O)CC2)ccc1NC(=O)COC1CCCC(C)C1C(C)C. The van der Waals surface area contributed by atoms with E-state index in [0.29, 0.717) is 66.4 Å². The number of methoxy groups -OCH3 is 1. The van der Waals surface area contributed by atoms with Crippen molar-refractivity contribution in [1.82, 2.24) is 0 Å². The van der Waals surface area contributed by atoms with Gasteiger partial charge in [-0.15, -0.1) is 0 Å². The molecule has 9 heteroatoms. The Bertz CT molecular complexity index is 1200. The van der Waals surface area contributed by atoms with E-state index in [1.54, 1.807) is 18.2 Å². The second-order valence-electron chi connectivity index (χ2n) is 11.7. The summed E-state index contributed by atoms with van der Waals surface area (Å²) in [6, 6.07) is 10.3. The van der Waals surface area contributed by atoms with Crippen molar-refractivity contribution in [2.75, 3.05) is 42.3 Å². The first-order chi connectivity index (χ1) is 19.7. The number of benzene rings is 2. The fourth-order valence-electron chi connectivity index (χ4n) is 6.52. The van der Waals surface area contributed by atoms with E-state index in [0.717, 1.165) is 18.5 Å². The summed E-state index contributed by atoms with van der Waals surface area (Å²) in [6.07, 6.45) is 4.46. The molecule has 224 valence electrons. The quantitative estimate of drug-likeness (QED) is 0.298. The number of carboxylic acids is 1. The molecule has 0 radical (unpaired) electrons. The number of nitrogens with zero attached hydrogens (tertiary/aromatic N) is 1. The molecule has 1 saturated heterocycles. The van der Waals surface area contributed by atoms with E-state index < -0.39 is 5.97 Å². The van der Waals surface area contributed by atoms with E-state index in [4.69, 9.17) is 9.47 Å². The lowest BCUT2D eigenvalue weighted by molar-refractivity contribution is -0.142. The van der Waals surface area contributed by atoms with Gasteiger partial charge in [0.2, 0.25) is 5.91 Å². The van der Waals surface area contributed by atoms with E-state index in [1.807, 2.05) is 12.1 Å². The third-order valence-electron chi connectivity index (χ3n) is 8.66. The molecule has 8 nitrogen and oxygen atoms in total. The summed E-state index contributed by atoms with van der Waals surface area (Å²) >= 11 is 0. The number of hydrogen-bond donors (Lipinski definition) is 3. The molecule has 1 saturated carbocycles. The molecular weight excluding hydrogens is 525 g/mol. The van der Waals surface area contributed by atoms with Gasteiger partial charge in [-0.2, -0.15) is 0 Å². The zero-order chi connectivity index (χ0) is 29.5. The molecule has 0 bridgehead atoms. The highest BCUT2D eigenvalue weighted by Gasteiger charge is 2.34. The largest absolute Gasteiger partial charge is 0.494 e. The minimum Gasteiger partial charge on any atom is -0.494 e. The Hall–Kier alpha value is -3.33. The van der Waals surface area contributed by atoms with Crippen LogP contribution in [0.15, 0.2) is 36.4 Å². The van der Waals surface area contributed by atoms with Crippen LogP contribution in [0.2, 0.25) is 0 Å². The molecular formula is C32H44FN3O5. The Morgan fingerprint density at radius 1 is 1.12 bits per heavy atom. The maximum Gasteiger partial charge on any atom is 0.306 e. The van der Waals surface area contributed by atoms with Gasteiger partial charge >= 0.3 is 5.97 Å². The molecule has 1 aliphatic carbocycles. The first kappa shape index (κ1) is 30.6. The summed E-state index contributed by atoms with van der Waals surface area (Å²) in [5, 5.41) is 15.5. The number of nitrogens with one attached hydrogen (secondary N) is 2. The minimum absolute atomic E-state index is 0.0104. The number of halogens is 1. The molecule has 41 heavy (non-hydrogen) atoms. The highest BCUT2D eigenvalue weighted by atomic mass is 19.1. The molecule has 2 aromatic rings. The molecule has 2 aliphatic rings. The molecule has 0 aromatic heterocycles. The van der Waals surface area contributed by atoms with Crippen LogP contribution in [-0.2, 0) is 20.9 Å². The van der Waals surface area contributed by atoms with Gasteiger partial charge in [-0.1, -0.05) is 39.7 Å². The number of rotatable bonds is 11. The third-order valence-corrected chi connectivity index (χ3v) is 8.66. The lowest BCUT2D eigenvalue weighted by Gasteiger charge is -2.38. The molecule has 1 aliphatic heterocycles. The van der Waals surface area contributed by atoms with Crippen LogP contribution in [0, 0.1) is 29.5 Å². The zero-order valence-corrected chi connectivity index (χ0v) is 24.6. The maximum absolute atomic E-state index is 14.9. The lowest BCUT2D eigenvalue weighted by atomic mass is 9.72. The first-order valence-corrected chi connectivity index (χ1v) is 14.8. The lowest BCUT2D eigenvalue weighted by Crippen LogP contribution is -2.38. The topological polar surface area (TPSA) is 100 Å². The van der Waals surface area contributed by atoms with Crippen molar-refractivity contribution in [3.8, 4) is 5.75 Å². The van der Waals surface area contributed by atoms with Gasteiger partial charge in [0.1, 0.15) is 18.2 Å². The molecule has 3 atom stereocenters. The number of anilines is 3. The summed E-state index contributed by atoms with van der Waals surface area (Å²) in [5.41, 5.74) is 2.54. The smallest absolute Gasteiger partial charge is 0.306 e. The van der Waals surface area contributed by atoms with Crippen molar-refractivity contribution in [2.45, 2.75) is 65.5 Å². The van der Waals surface area contributed by atoms with Crippen LogP contribution >= 0.6 is 0 Å². The Morgan fingerprint density at radius 3 is 2.56 bits per heavy atom. The average molecular weight is 570 g/mol. The number of carboxylic acid groups (broad SMARTS) is 1. The van der Waals surface area contributed by atoms with Crippen molar-refractivity contribution >= 4 is 28.9 Å². The summed E-state index contributed by atoms with van der Waals surface area (Å²) in [5.74, 6) is 0.343. The van der Waals surface area contributed by atoms with Crippen molar-refractivity contribution in [3.63, 3.8) is 0 Å². The monoisotopic (exact) mass is 569 g/mol. The highest BCUT2D eigenvalue weighted by molar-refractivity contribution is 5.93. The Labute approximate surface area is 242 Å². The normalized spacial score (nSPS) is 21.5. The van der Waals surface area contributed by atoms with Crippen LogP contribution < -0.4 is 20.3 Å². The van der Waals surface area contributed by atoms with Gasteiger partial charge in [-0.3, -0.25) is 9.59 Å². The summed E-state index contributed by atoms with van der Waals surface area (Å²) in [7, 11) is 1.54. The van der Waals surface area contributed by atoms with Gasteiger partial charge in [-0.05, 0) is 61.3 Å². The number of piperidine rings is 1. The average Bonchev–Trinajstić information content (AvgIpc) is 2.95. The molecule has 3 N–H and O–H groups in total. The maximum atomic E-state index is 14.9. The summed E-state index contributed by atoms with van der Waals surface area (Å²) in [4.78, 5) is 26.2. The van der Waals surface area contributed by atoms with Crippen molar-refractivity contribution < 1.29 is 28.6 Å². The van der Waals surface area contributed by atoms with Crippen molar-refractivity contribution in [3.05, 3.63) is 47.8 Å². The molecule has 4 rings (SSSR count). The standard InChI is InChI=1S/C32H44FN3O5/c1-20(2)31-21(3)7-5-10-28(31)41-19-30(37)35-26-12-11-23(17-29(26)40-4)34-18-24-25(33)8-6-9-27(24)36-15-13-22(14-16-36)32(38)39/h6,8-9,11-12,17,20-22,28,31,34H,5,7,10,13-16,18-19H2,1-4H3,(H,35,37)(H,38,39). The van der Waals surface area contributed by atoms with Gasteiger partial charge in [0.15, 0.2) is 0 Å². The Kier molecular flexibility index (Phi) is 10.5. The molecule has 3 unspecified atom stereocenters.